The summed E-state index contributed by atoms with van der Waals surface area (Å²) in [4.78, 5) is 4.80. The Morgan fingerprint density at radius 2 is 2.07 bits per heavy atom. The molecule has 0 saturated heterocycles. The standard InChI is InChI=1S/C11H13N3S/c1-7-3-9-10(4-8(7)2)14(6-13-9)5-11(12)15/h3-4,6H,5H2,1-2H3,(H2,12,15). The summed E-state index contributed by atoms with van der Waals surface area (Å²) >= 11 is 4.89. The molecule has 0 aliphatic heterocycles. The zero-order valence-electron chi connectivity index (χ0n) is 8.82. The minimum atomic E-state index is 0.479. The molecule has 15 heavy (non-hydrogen) atoms. The number of hydrogen-bond donors (Lipinski definition) is 1. The summed E-state index contributed by atoms with van der Waals surface area (Å²) in [5, 5.41) is 0. The summed E-state index contributed by atoms with van der Waals surface area (Å²) < 4.78 is 1.98. The van der Waals surface area contributed by atoms with E-state index in [9.17, 15) is 0 Å². The Labute approximate surface area is 93.9 Å². The van der Waals surface area contributed by atoms with Crippen LogP contribution in [0.3, 0.4) is 0 Å². The van der Waals surface area contributed by atoms with E-state index < -0.39 is 0 Å². The third-order valence-corrected chi connectivity index (χ3v) is 2.69. The van der Waals surface area contributed by atoms with Gasteiger partial charge in [0.2, 0.25) is 0 Å². The van der Waals surface area contributed by atoms with Crippen molar-refractivity contribution >= 4 is 28.2 Å². The fourth-order valence-electron chi connectivity index (χ4n) is 1.61. The molecule has 2 aromatic rings. The summed E-state index contributed by atoms with van der Waals surface area (Å²) in [7, 11) is 0. The van der Waals surface area contributed by atoms with E-state index in [4.69, 9.17) is 18.0 Å². The van der Waals surface area contributed by atoms with Gasteiger partial charge in [-0.05, 0) is 37.1 Å². The lowest BCUT2D eigenvalue weighted by molar-refractivity contribution is 0.884. The lowest BCUT2D eigenvalue weighted by Crippen LogP contribution is -2.15. The molecule has 0 atom stereocenters. The highest BCUT2D eigenvalue weighted by Gasteiger charge is 2.05. The Morgan fingerprint density at radius 3 is 2.73 bits per heavy atom. The van der Waals surface area contributed by atoms with Crippen molar-refractivity contribution in [2.75, 3.05) is 0 Å². The topological polar surface area (TPSA) is 43.8 Å². The number of aromatic nitrogens is 2. The first-order chi connectivity index (χ1) is 7.08. The molecule has 0 aliphatic rings. The monoisotopic (exact) mass is 219 g/mol. The van der Waals surface area contributed by atoms with Crippen molar-refractivity contribution in [2.24, 2.45) is 5.73 Å². The second kappa shape index (κ2) is 3.62. The zero-order valence-corrected chi connectivity index (χ0v) is 9.64. The molecular weight excluding hydrogens is 206 g/mol. The van der Waals surface area contributed by atoms with E-state index in [2.05, 4.69) is 31.0 Å². The van der Waals surface area contributed by atoms with Crippen LogP contribution >= 0.6 is 12.2 Å². The van der Waals surface area contributed by atoms with Crippen LogP contribution in [0.1, 0.15) is 11.1 Å². The Bertz CT molecular complexity index is 528. The van der Waals surface area contributed by atoms with Gasteiger partial charge in [-0.2, -0.15) is 0 Å². The molecule has 0 unspecified atom stereocenters. The van der Waals surface area contributed by atoms with Crippen molar-refractivity contribution in [2.45, 2.75) is 20.4 Å². The highest BCUT2D eigenvalue weighted by Crippen LogP contribution is 2.18. The van der Waals surface area contributed by atoms with Gasteiger partial charge in [-0.25, -0.2) is 4.98 Å². The van der Waals surface area contributed by atoms with Gasteiger partial charge in [0.1, 0.15) is 0 Å². The van der Waals surface area contributed by atoms with Gasteiger partial charge in [-0.3, -0.25) is 0 Å². The lowest BCUT2D eigenvalue weighted by atomic mass is 10.1. The number of hydrogen-bond acceptors (Lipinski definition) is 2. The van der Waals surface area contributed by atoms with Gasteiger partial charge >= 0.3 is 0 Å². The van der Waals surface area contributed by atoms with Crippen molar-refractivity contribution < 1.29 is 0 Å². The molecule has 2 rings (SSSR count). The molecule has 3 nitrogen and oxygen atoms in total. The fraction of sp³-hybridized carbons (Fsp3) is 0.273. The van der Waals surface area contributed by atoms with Crippen LogP contribution < -0.4 is 5.73 Å². The van der Waals surface area contributed by atoms with Crippen LogP contribution in [0.4, 0.5) is 0 Å². The summed E-state index contributed by atoms with van der Waals surface area (Å²) in [6.45, 7) is 4.72. The van der Waals surface area contributed by atoms with Gasteiger partial charge < -0.3 is 10.3 Å². The molecule has 4 heteroatoms. The van der Waals surface area contributed by atoms with Crippen molar-refractivity contribution in [3.05, 3.63) is 29.6 Å². The van der Waals surface area contributed by atoms with Gasteiger partial charge in [0, 0.05) is 0 Å². The molecule has 78 valence electrons. The molecule has 0 saturated carbocycles. The van der Waals surface area contributed by atoms with Crippen molar-refractivity contribution in [3.63, 3.8) is 0 Å². The maximum absolute atomic E-state index is 5.53. The SMILES string of the molecule is Cc1cc2ncn(CC(N)=S)c2cc1C. The smallest absolute Gasteiger partial charge is 0.0962 e. The quantitative estimate of drug-likeness (QED) is 0.785. The number of imidazole rings is 1. The Morgan fingerprint density at radius 1 is 1.40 bits per heavy atom. The third kappa shape index (κ3) is 1.85. The van der Waals surface area contributed by atoms with Gasteiger partial charge in [-0.1, -0.05) is 12.2 Å². The number of nitrogens with two attached hydrogens (primary N) is 1. The van der Waals surface area contributed by atoms with Crippen LogP contribution in [-0.2, 0) is 6.54 Å². The number of nitrogens with zero attached hydrogens (tertiary/aromatic N) is 2. The molecule has 0 radical (unpaired) electrons. The highest BCUT2D eigenvalue weighted by atomic mass is 32.1. The van der Waals surface area contributed by atoms with Gasteiger partial charge in [0.15, 0.2) is 0 Å². The van der Waals surface area contributed by atoms with Crippen molar-refractivity contribution in [3.8, 4) is 0 Å². The van der Waals surface area contributed by atoms with E-state index in [0.717, 1.165) is 11.0 Å². The molecule has 0 bridgehead atoms. The third-order valence-electron chi connectivity index (χ3n) is 2.56. The van der Waals surface area contributed by atoms with Crippen LogP contribution in [0, 0.1) is 13.8 Å². The van der Waals surface area contributed by atoms with Crippen LogP contribution in [-0.4, -0.2) is 14.5 Å². The Kier molecular flexibility index (Phi) is 2.44. The first kappa shape index (κ1) is 10.1. The van der Waals surface area contributed by atoms with Crippen molar-refractivity contribution in [1.82, 2.24) is 9.55 Å². The lowest BCUT2D eigenvalue weighted by Gasteiger charge is -2.04. The Balaban J connectivity index is 2.59. The average Bonchev–Trinajstić information content (AvgIpc) is 2.49. The molecule has 0 fully saturated rings. The molecule has 0 spiro atoms. The highest BCUT2D eigenvalue weighted by molar-refractivity contribution is 7.80. The maximum Gasteiger partial charge on any atom is 0.0962 e. The fourth-order valence-corrected chi connectivity index (χ4v) is 1.75. The summed E-state index contributed by atoms with van der Waals surface area (Å²) in [5.74, 6) is 0. The first-order valence-corrected chi connectivity index (χ1v) is 5.19. The van der Waals surface area contributed by atoms with Crippen molar-refractivity contribution in [1.29, 1.82) is 0 Å². The van der Waals surface area contributed by atoms with E-state index in [1.807, 2.05) is 4.57 Å². The predicted molar refractivity (Wildman–Crippen MR) is 66.0 cm³/mol. The second-order valence-corrected chi connectivity index (χ2v) is 4.29. The molecule has 1 aromatic heterocycles. The number of rotatable bonds is 2. The molecule has 1 aromatic carbocycles. The average molecular weight is 219 g/mol. The Hall–Kier alpha value is -1.42. The number of benzene rings is 1. The van der Waals surface area contributed by atoms with E-state index >= 15 is 0 Å². The first-order valence-electron chi connectivity index (χ1n) is 4.78. The summed E-state index contributed by atoms with van der Waals surface area (Å²) in [5.41, 5.74) is 10.1. The molecule has 0 amide bonds. The zero-order chi connectivity index (χ0) is 11.0. The van der Waals surface area contributed by atoms with Crippen LogP contribution in [0.5, 0.6) is 0 Å². The van der Waals surface area contributed by atoms with Crippen LogP contribution in [0.15, 0.2) is 18.5 Å². The second-order valence-electron chi connectivity index (χ2n) is 3.76. The minimum Gasteiger partial charge on any atom is -0.392 e. The summed E-state index contributed by atoms with van der Waals surface area (Å²) in [6, 6.07) is 4.21. The summed E-state index contributed by atoms with van der Waals surface area (Å²) in [6.07, 6.45) is 1.78. The molecule has 2 N–H and O–H groups in total. The number of thiocarbonyl (C=S) groups is 1. The van der Waals surface area contributed by atoms with Crippen LogP contribution in [0.25, 0.3) is 11.0 Å². The number of aryl methyl sites for hydroxylation is 2. The number of fused-ring (bicyclic) bond motifs is 1. The van der Waals surface area contributed by atoms with Gasteiger partial charge in [0.05, 0.1) is 28.9 Å². The van der Waals surface area contributed by atoms with Crippen LogP contribution in [0.2, 0.25) is 0 Å². The van der Waals surface area contributed by atoms with E-state index in [1.165, 1.54) is 11.1 Å². The van der Waals surface area contributed by atoms with E-state index in [-0.39, 0.29) is 0 Å². The molecular formula is C11H13N3S. The van der Waals surface area contributed by atoms with E-state index in [1.54, 1.807) is 6.33 Å². The minimum absolute atomic E-state index is 0.479. The van der Waals surface area contributed by atoms with Gasteiger partial charge in [-0.15, -0.1) is 0 Å². The largest absolute Gasteiger partial charge is 0.392 e. The maximum atomic E-state index is 5.53. The van der Waals surface area contributed by atoms with E-state index in [0.29, 0.717) is 11.5 Å². The molecule has 1 heterocycles. The predicted octanol–water partition coefficient (Wildman–Crippen LogP) is 1.94. The molecule has 0 aliphatic carbocycles. The van der Waals surface area contributed by atoms with Gasteiger partial charge in [0.25, 0.3) is 0 Å². The normalized spacial score (nSPS) is 10.8.